The van der Waals surface area contributed by atoms with E-state index in [1.807, 2.05) is 0 Å². The SMILES string of the molecule is CCOC(Cc1ccc(OCCN(CCCCC(F)(F)C(F)(F)C(F)(F)F)C(=O)OCc2ccc(F)cc2F)cc1)C(=O)O. The molecule has 16 heteroatoms. The third-order valence-electron chi connectivity index (χ3n) is 6.23. The Morgan fingerprint density at radius 1 is 0.932 bits per heavy atom. The molecule has 2 rings (SSSR count). The summed E-state index contributed by atoms with van der Waals surface area (Å²) in [5.41, 5.74) is 0.420. The first-order valence-electron chi connectivity index (χ1n) is 13.2. The molecule has 0 fully saturated rings. The molecule has 0 bridgehead atoms. The number of unbranched alkanes of at least 4 members (excludes halogenated alkanes) is 1. The molecule has 0 aliphatic carbocycles. The smallest absolute Gasteiger partial charge is 0.459 e. The molecule has 0 spiro atoms. The van der Waals surface area contributed by atoms with E-state index in [4.69, 9.17) is 14.2 Å². The predicted molar refractivity (Wildman–Crippen MR) is 137 cm³/mol. The number of hydrogen-bond acceptors (Lipinski definition) is 5. The van der Waals surface area contributed by atoms with Crippen LogP contribution in [0.1, 0.15) is 37.3 Å². The van der Waals surface area contributed by atoms with Crippen LogP contribution in [0.3, 0.4) is 0 Å². The van der Waals surface area contributed by atoms with Gasteiger partial charge in [0.2, 0.25) is 0 Å². The monoisotopic (exact) mass is 647 g/mol. The number of alkyl halides is 7. The van der Waals surface area contributed by atoms with Crippen LogP contribution in [0.15, 0.2) is 42.5 Å². The van der Waals surface area contributed by atoms with Crippen molar-refractivity contribution >= 4 is 12.1 Å². The Kier molecular flexibility index (Phi) is 13.2. The maximum Gasteiger partial charge on any atom is 0.459 e. The van der Waals surface area contributed by atoms with Gasteiger partial charge in [0.05, 0.1) is 6.54 Å². The molecule has 0 radical (unpaired) electrons. The predicted octanol–water partition coefficient (Wildman–Crippen LogP) is 7.02. The summed E-state index contributed by atoms with van der Waals surface area (Å²) >= 11 is 0. The van der Waals surface area contributed by atoms with E-state index in [2.05, 4.69) is 0 Å². The van der Waals surface area contributed by atoms with Gasteiger partial charge in [-0.25, -0.2) is 18.4 Å². The fourth-order valence-corrected chi connectivity index (χ4v) is 3.81. The van der Waals surface area contributed by atoms with Gasteiger partial charge in [-0.3, -0.25) is 0 Å². The van der Waals surface area contributed by atoms with Crippen molar-refractivity contribution < 1.29 is 68.4 Å². The van der Waals surface area contributed by atoms with Gasteiger partial charge in [-0.05, 0) is 49.6 Å². The number of hydrogen-bond donors (Lipinski definition) is 1. The van der Waals surface area contributed by atoms with Crippen LogP contribution in [0, 0.1) is 11.6 Å². The summed E-state index contributed by atoms with van der Waals surface area (Å²) in [7, 11) is 0. The maximum absolute atomic E-state index is 13.9. The number of carbonyl (C=O) groups excluding carboxylic acids is 1. The first-order valence-corrected chi connectivity index (χ1v) is 13.2. The molecule has 2 aromatic rings. The minimum Gasteiger partial charge on any atom is -0.492 e. The first kappa shape index (κ1) is 36.5. The summed E-state index contributed by atoms with van der Waals surface area (Å²) in [4.78, 5) is 24.8. The van der Waals surface area contributed by atoms with Crippen LogP contribution in [0.5, 0.6) is 5.75 Å². The molecule has 1 amide bonds. The average molecular weight is 648 g/mol. The molecule has 0 saturated heterocycles. The van der Waals surface area contributed by atoms with Crippen LogP contribution >= 0.6 is 0 Å². The molecule has 1 N–H and O–H groups in total. The summed E-state index contributed by atoms with van der Waals surface area (Å²) in [5.74, 6) is -14.4. The molecule has 246 valence electrons. The second-order valence-corrected chi connectivity index (χ2v) is 9.49. The third-order valence-corrected chi connectivity index (χ3v) is 6.23. The zero-order chi connectivity index (χ0) is 33.1. The molecule has 0 heterocycles. The molecule has 0 aromatic heterocycles. The van der Waals surface area contributed by atoms with Gasteiger partial charge >= 0.3 is 30.1 Å². The van der Waals surface area contributed by atoms with Crippen molar-refractivity contribution in [2.45, 2.75) is 63.3 Å². The fourth-order valence-electron chi connectivity index (χ4n) is 3.81. The number of nitrogens with zero attached hydrogens (tertiary/aromatic N) is 1. The van der Waals surface area contributed by atoms with Crippen molar-refractivity contribution in [3.05, 3.63) is 65.2 Å². The van der Waals surface area contributed by atoms with Gasteiger partial charge in [-0.1, -0.05) is 12.1 Å². The van der Waals surface area contributed by atoms with Crippen molar-refractivity contribution in [2.24, 2.45) is 0 Å². The van der Waals surface area contributed by atoms with E-state index in [0.29, 0.717) is 11.6 Å². The van der Waals surface area contributed by atoms with E-state index in [1.54, 1.807) is 19.1 Å². The molecule has 44 heavy (non-hydrogen) atoms. The normalized spacial score (nSPS) is 13.0. The lowest BCUT2D eigenvalue weighted by molar-refractivity contribution is -0.355. The molecule has 7 nitrogen and oxygen atoms in total. The number of amides is 1. The van der Waals surface area contributed by atoms with E-state index in [1.165, 1.54) is 12.1 Å². The molecule has 0 aliphatic heterocycles. The highest BCUT2D eigenvalue weighted by molar-refractivity contribution is 5.72. The van der Waals surface area contributed by atoms with E-state index < -0.39 is 80.2 Å². The van der Waals surface area contributed by atoms with E-state index >= 15 is 0 Å². The lowest BCUT2D eigenvalue weighted by Crippen LogP contribution is -2.51. The summed E-state index contributed by atoms with van der Waals surface area (Å²) in [6, 6.07) is 8.64. The Morgan fingerprint density at radius 3 is 2.16 bits per heavy atom. The number of benzene rings is 2. The van der Waals surface area contributed by atoms with Gasteiger partial charge in [0.25, 0.3) is 0 Å². The molecule has 2 aromatic carbocycles. The molecule has 0 aliphatic rings. The number of aliphatic carboxylic acids is 1. The fraction of sp³-hybridized carbons (Fsp3) is 0.500. The van der Waals surface area contributed by atoms with Gasteiger partial charge in [0.15, 0.2) is 6.10 Å². The first-order chi connectivity index (χ1) is 20.5. The zero-order valence-electron chi connectivity index (χ0n) is 23.3. The van der Waals surface area contributed by atoms with Crippen molar-refractivity contribution in [2.75, 3.05) is 26.3 Å². The molecular weight excluding hydrogens is 617 g/mol. The number of carboxylic acids is 1. The summed E-state index contributed by atoms with van der Waals surface area (Å²) in [6.45, 7) is 0.270. The van der Waals surface area contributed by atoms with Gasteiger partial charge in [-0.2, -0.15) is 30.7 Å². The van der Waals surface area contributed by atoms with Crippen LogP contribution in [-0.4, -0.2) is 72.5 Å². The Bertz CT molecular complexity index is 1230. The minimum absolute atomic E-state index is 0.0751. The number of ether oxygens (including phenoxy) is 3. The number of carbonyl (C=O) groups is 2. The van der Waals surface area contributed by atoms with Gasteiger partial charge < -0.3 is 24.2 Å². The van der Waals surface area contributed by atoms with E-state index in [0.717, 1.165) is 17.0 Å². The van der Waals surface area contributed by atoms with Gasteiger partial charge in [-0.15, -0.1) is 0 Å². The minimum atomic E-state index is -6.46. The second kappa shape index (κ2) is 15.9. The van der Waals surface area contributed by atoms with Crippen LogP contribution in [0.25, 0.3) is 0 Å². The van der Waals surface area contributed by atoms with Crippen LogP contribution in [0.2, 0.25) is 0 Å². The number of carboxylic acid groups (broad SMARTS) is 1. The highest BCUT2D eigenvalue weighted by atomic mass is 19.4. The summed E-state index contributed by atoms with van der Waals surface area (Å²) in [6.07, 6.45) is -11.6. The molecule has 1 unspecified atom stereocenters. The van der Waals surface area contributed by atoms with Gasteiger partial charge in [0.1, 0.15) is 30.6 Å². The Hall–Kier alpha value is -3.69. The highest BCUT2D eigenvalue weighted by Crippen LogP contribution is 2.48. The Morgan fingerprint density at radius 2 is 1.59 bits per heavy atom. The van der Waals surface area contributed by atoms with Crippen molar-refractivity contribution in [1.29, 1.82) is 0 Å². The zero-order valence-corrected chi connectivity index (χ0v) is 23.3. The second-order valence-electron chi connectivity index (χ2n) is 9.49. The van der Waals surface area contributed by atoms with Crippen molar-refractivity contribution in [3.63, 3.8) is 0 Å². The van der Waals surface area contributed by atoms with Crippen LogP contribution < -0.4 is 4.74 Å². The third kappa shape index (κ3) is 10.5. The quantitative estimate of drug-likeness (QED) is 0.147. The molecule has 0 saturated carbocycles. The lowest BCUT2D eigenvalue weighted by Gasteiger charge is -2.28. The maximum atomic E-state index is 13.9. The van der Waals surface area contributed by atoms with Crippen LogP contribution in [-0.2, 0) is 27.3 Å². The van der Waals surface area contributed by atoms with Crippen molar-refractivity contribution in [3.8, 4) is 5.75 Å². The van der Waals surface area contributed by atoms with Crippen molar-refractivity contribution in [1.82, 2.24) is 4.90 Å². The van der Waals surface area contributed by atoms with E-state index in [9.17, 15) is 54.2 Å². The van der Waals surface area contributed by atoms with Gasteiger partial charge in [0, 0.05) is 37.6 Å². The molecule has 1 atom stereocenters. The van der Waals surface area contributed by atoms with Crippen LogP contribution in [0.4, 0.5) is 44.3 Å². The standard InChI is InChI=1S/C28H30F9NO6/c1-2-42-23(24(39)40)15-18-5-9-21(10-6-18)43-14-13-38(25(41)44-17-19-7-8-20(29)16-22(19)30)12-4-3-11-26(31,32)27(33,34)28(35,36)37/h5-10,16,23H,2-4,11-15,17H2,1H3,(H,39,40). The topological polar surface area (TPSA) is 85.3 Å². The summed E-state index contributed by atoms with van der Waals surface area (Å²) < 4.78 is 133. The number of rotatable bonds is 17. The summed E-state index contributed by atoms with van der Waals surface area (Å²) in [5, 5.41) is 9.20. The van der Waals surface area contributed by atoms with E-state index in [-0.39, 0.29) is 37.5 Å². The highest BCUT2D eigenvalue weighted by Gasteiger charge is 2.72. The largest absolute Gasteiger partial charge is 0.492 e. The average Bonchev–Trinajstić information content (AvgIpc) is 2.93. The Labute approximate surface area is 246 Å². The molecular formula is C28H30F9NO6. The number of halogens is 9. The Balaban J connectivity index is 2.01. The lowest BCUT2D eigenvalue weighted by atomic mass is 10.0.